The van der Waals surface area contributed by atoms with E-state index < -0.39 is 12.1 Å². The normalized spacial score (nSPS) is 20.1. The minimum atomic E-state index is -0.508. The number of aryl methyl sites for hydroxylation is 2. The van der Waals surface area contributed by atoms with Crippen molar-refractivity contribution >= 4 is 11.9 Å². The predicted molar refractivity (Wildman–Crippen MR) is 84.6 cm³/mol. The Balaban J connectivity index is 1.59. The summed E-state index contributed by atoms with van der Waals surface area (Å²) >= 11 is 0. The van der Waals surface area contributed by atoms with Crippen LogP contribution in [0.3, 0.4) is 0 Å². The second kappa shape index (κ2) is 5.70. The minimum absolute atomic E-state index is 0.284. The third kappa shape index (κ3) is 2.86. The fraction of sp³-hybridized carbons (Fsp3) is 0.438. The van der Waals surface area contributed by atoms with Gasteiger partial charge in [0.25, 0.3) is 5.91 Å². The maximum atomic E-state index is 11.7. The van der Waals surface area contributed by atoms with Crippen molar-refractivity contribution in [1.29, 1.82) is 0 Å². The molecule has 2 aromatic heterocycles. The zero-order chi connectivity index (χ0) is 16.7. The Hall–Kier alpha value is -2.77. The van der Waals surface area contributed by atoms with Gasteiger partial charge in [0.05, 0.1) is 5.69 Å². The van der Waals surface area contributed by atoms with Crippen LogP contribution in [0.1, 0.15) is 42.5 Å². The predicted octanol–water partition coefficient (Wildman–Crippen LogP) is 0.989. The number of nitrogens with zero attached hydrogens (tertiary/aromatic N) is 4. The summed E-state index contributed by atoms with van der Waals surface area (Å²) in [5.41, 5.74) is 1.82. The largest absolute Gasteiger partial charge is 0.326 e. The van der Waals surface area contributed by atoms with Gasteiger partial charge in [-0.15, -0.1) is 0 Å². The molecular formula is C16H18N6O2. The van der Waals surface area contributed by atoms with Crippen LogP contribution in [0.15, 0.2) is 18.3 Å². The van der Waals surface area contributed by atoms with Crippen LogP contribution in [0.4, 0.5) is 4.79 Å². The van der Waals surface area contributed by atoms with Crippen LogP contribution in [0.2, 0.25) is 0 Å². The van der Waals surface area contributed by atoms with E-state index in [9.17, 15) is 9.59 Å². The average Bonchev–Trinajstić information content (AvgIpc) is 3.23. The van der Waals surface area contributed by atoms with E-state index in [1.165, 1.54) is 0 Å². The fourth-order valence-electron chi connectivity index (χ4n) is 2.84. The van der Waals surface area contributed by atoms with Gasteiger partial charge in [-0.2, -0.15) is 5.10 Å². The first-order valence-electron chi connectivity index (χ1n) is 8.10. The molecule has 0 bridgehead atoms. The lowest BCUT2D eigenvalue weighted by Crippen LogP contribution is -2.29. The number of pyridine rings is 1. The van der Waals surface area contributed by atoms with Crippen LogP contribution in [-0.4, -0.2) is 37.7 Å². The molecule has 0 spiro atoms. The smallest absolute Gasteiger partial charge is 0.322 e. The number of imide groups is 1. The number of hydrogen-bond acceptors (Lipinski definition) is 5. The van der Waals surface area contributed by atoms with E-state index in [-0.39, 0.29) is 5.91 Å². The van der Waals surface area contributed by atoms with Gasteiger partial charge < -0.3 is 5.32 Å². The van der Waals surface area contributed by atoms with Crippen LogP contribution in [0.25, 0.3) is 5.69 Å². The molecule has 2 N–H and O–H groups in total. The highest BCUT2D eigenvalue weighted by atomic mass is 16.2. The quantitative estimate of drug-likeness (QED) is 0.798. The Bertz CT molecular complexity index is 811. The molecule has 1 aliphatic heterocycles. The van der Waals surface area contributed by atoms with E-state index in [0.29, 0.717) is 18.8 Å². The van der Waals surface area contributed by atoms with Crippen LogP contribution in [0.5, 0.6) is 0 Å². The van der Waals surface area contributed by atoms with Crippen molar-refractivity contribution in [3.63, 3.8) is 0 Å². The Morgan fingerprint density at radius 2 is 2.17 bits per heavy atom. The lowest BCUT2D eigenvalue weighted by molar-refractivity contribution is -0.120. The molecule has 8 heteroatoms. The minimum Gasteiger partial charge on any atom is -0.326 e. The van der Waals surface area contributed by atoms with Crippen LogP contribution in [0, 0.1) is 6.92 Å². The van der Waals surface area contributed by atoms with Gasteiger partial charge in [0.2, 0.25) is 0 Å². The maximum absolute atomic E-state index is 11.7. The molecule has 124 valence electrons. The Morgan fingerprint density at radius 1 is 1.33 bits per heavy atom. The topological polar surface area (TPSA) is 102 Å². The summed E-state index contributed by atoms with van der Waals surface area (Å²) < 4.78 is 1.83. The summed E-state index contributed by atoms with van der Waals surface area (Å²) in [6.45, 7) is 1.93. The summed E-state index contributed by atoms with van der Waals surface area (Å²) in [5, 5.41) is 9.52. The molecule has 0 unspecified atom stereocenters. The number of hydrogen-bond donors (Lipinski definition) is 2. The van der Waals surface area contributed by atoms with Gasteiger partial charge in [-0.1, -0.05) is 0 Å². The van der Waals surface area contributed by atoms with Crippen LogP contribution >= 0.6 is 0 Å². The van der Waals surface area contributed by atoms with E-state index in [1.807, 2.05) is 23.7 Å². The zero-order valence-corrected chi connectivity index (χ0v) is 13.3. The van der Waals surface area contributed by atoms with E-state index in [0.717, 1.165) is 35.9 Å². The highest BCUT2D eigenvalue weighted by Crippen LogP contribution is 2.38. The molecule has 3 heterocycles. The first-order valence-corrected chi connectivity index (χ1v) is 8.10. The number of carbonyl (C=O) groups is 2. The monoisotopic (exact) mass is 326 g/mol. The van der Waals surface area contributed by atoms with Gasteiger partial charge in [-0.25, -0.2) is 14.5 Å². The third-order valence-electron chi connectivity index (χ3n) is 4.27. The second-order valence-corrected chi connectivity index (χ2v) is 6.28. The van der Waals surface area contributed by atoms with E-state index in [4.69, 9.17) is 0 Å². The number of nitrogens with one attached hydrogen (secondary N) is 2. The van der Waals surface area contributed by atoms with E-state index >= 15 is 0 Å². The molecule has 1 aliphatic carbocycles. The highest BCUT2D eigenvalue weighted by Gasteiger charge is 2.31. The standard InChI is InChI=1S/C16H18N6O2/c1-9-8-11(6-7-17-9)22-13(19-14(21-22)10-2-3-10)5-4-12-15(23)20-16(24)18-12/h6-8,10,12H,2-5H2,1H3,(H2,18,20,23,24)/t12-/m1/s1. The summed E-state index contributed by atoms with van der Waals surface area (Å²) in [7, 11) is 0. The first kappa shape index (κ1) is 14.8. The summed E-state index contributed by atoms with van der Waals surface area (Å²) in [4.78, 5) is 31.8. The molecule has 2 aromatic rings. The Labute approximate surface area is 138 Å². The van der Waals surface area contributed by atoms with Crippen molar-refractivity contribution in [2.75, 3.05) is 0 Å². The number of carbonyl (C=O) groups excluding carboxylic acids is 2. The van der Waals surface area contributed by atoms with Crippen molar-refractivity contribution in [1.82, 2.24) is 30.4 Å². The first-order chi connectivity index (χ1) is 11.6. The molecule has 1 atom stereocenters. The summed E-state index contributed by atoms with van der Waals surface area (Å²) in [6, 6.07) is 2.91. The molecule has 3 amide bonds. The average molecular weight is 326 g/mol. The molecular weight excluding hydrogens is 308 g/mol. The SMILES string of the molecule is Cc1cc(-n2nc(C3CC3)nc2CC[C@H]2NC(=O)NC2=O)ccn1. The van der Waals surface area contributed by atoms with Crippen molar-refractivity contribution < 1.29 is 9.59 Å². The molecule has 2 aliphatic rings. The lowest BCUT2D eigenvalue weighted by Gasteiger charge is -2.08. The van der Waals surface area contributed by atoms with Gasteiger partial charge in [0, 0.05) is 24.2 Å². The van der Waals surface area contributed by atoms with Gasteiger partial charge in [-0.05, 0) is 38.3 Å². The van der Waals surface area contributed by atoms with Crippen LogP contribution < -0.4 is 10.6 Å². The van der Waals surface area contributed by atoms with E-state index in [1.54, 1.807) is 6.20 Å². The van der Waals surface area contributed by atoms with Crippen molar-refractivity contribution in [3.8, 4) is 5.69 Å². The molecule has 24 heavy (non-hydrogen) atoms. The second-order valence-electron chi connectivity index (χ2n) is 6.28. The van der Waals surface area contributed by atoms with Gasteiger partial charge in [0.1, 0.15) is 11.9 Å². The summed E-state index contributed by atoms with van der Waals surface area (Å²) in [6.07, 6.45) is 5.04. The number of rotatable bonds is 5. The third-order valence-corrected chi connectivity index (χ3v) is 4.27. The van der Waals surface area contributed by atoms with Crippen molar-refractivity contribution in [3.05, 3.63) is 35.7 Å². The summed E-state index contributed by atoms with van der Waals surface area (Å²) in [5.74, 6) is 1.83. The van der Waals surface area contributed by atoms with Crippen LogP contribution in [-0.2, 0) is 11.2 Å². The Morgan fingerprint density at radius 3 is 2.83 bits per heavy atom. The van der Waals surface area contributed by atoms with E-state index in [2.05, 4.69) is 25.7 Å². The maximum Gasteiger partial charge on any atom is 0.322 e. The number of aromatic nitrogens is 4. The molecule has 1 saturated carbocycles. The fourth-order valence-corrected chi connectivity index (χ4v) is 2.84. The zero-order valence-electron chi connectivity index (χ0n) is 13.3. The molecule has 0 aromatic carbocycles. The van der Waals surface area contributed by atoms with Gasteiger partial charge in [-0.3, -0.25) is 15.1 Å². The molecule has 0 radical (unpaired) electrons. The molecule has 8 nitrogen and oxygen atoms in total. The molecule has 2 fully saturated rings. The van der Waals surface area contributed by atoms with Gasteiger partial charge in [0.15, 0.2) is 5.82 Å². The van der Waals surface area contributed by atoms with Gasteiger partial charge >= 0.3 is 6.03 Å². The number of amides is 3. The Kier molecular flexibility index (Phi) is 3.51. The number of urea groups is 1. The molecule has 4 rings (SSSR count). The highest BCUT2D eigenvalue weighted by molar-refractivity contribution is 6.04. The van der Waals surface area contributed by atoms with Crippen molar-refractivity contribution in [2.45, 2.75) is 44.6 Å². The molecule has 1 saturated heterocycles. The lowest BCUT2D eigenvalue weighted by atomic mass is 10.1. The van der Waals surface area contributed by atoms with Crippen molar-refractivity contribution in [2.24, 2.45) is 0 Å².